The highest BCUT2D eigenvalue weighted by molar-refractivity contribution is 4.81. The Labute approximate surface area is 53.6 Å². The van der Waals surface area contributed by atoms with Crippen molar-refractivity contribution in [2.45, 2.75) is 18.8 Å². The highest BCUT2D eigenvalue weighted by Gasteiger charge is 2.40. The number of rotatable bonds is 0. The average molecular weight is 130 g/mol. The van der Waals surface area contributed by atoms with Gasteiger partial charge in [-0.3, -0.25) is 0 Å². The van der Waals surface area contributed by atoms with Gasteiger partial charge in [-0.1, -0.05) is 0 Å². The summed E-state index contributed by atoms with van der Waals surface area (Å²) in [6.45, 7) is 1.20. The van der Waals surface area contributed by atoms with Crippen LogP contribution in [0.4, 0.5) is 0 Å². The molecule has 2 heterocycles. The van der Waals surface area contributed by atoms with Crippen molar-refractivity contribution < 1.29 is 14.6 Å². The van der Waals surface area contributed by atoms with Crippen LogP contribution in [0, 0.1) is 5.92 Å². The molecule has 0 radical (unpaired) electrons. The van der Waals surface area contributed by atoms with Crippen molar-refractivity contribution in [3.05, 3.63) is 0 Å². The van der Waals surface area contributed by atoms with Gasteiger partial charge in [0.1, 0.15) is 0 Å². The predicted octanol–water partition coefficient (Wildman–Crippen LogP) is -0.260. The summed E-state index contributed by atoms with van der Waals surface area (Å²) in [6.07, 6.45) is 0.573. The highest BCUT2D eigenvalue weighted by atomic mass is 16.7. The van der Waals surface area contributed by atoms with Crippen LogP contribution in [0.2, 0.25) is 0 Å². The van der Waals surface area contributed by atoms with Crippen LogP contribution in [-0.2, 0) is 9.47 Å². The molecule has 3 atom stereocenters. The lowest BCUT2D eigenvalue weighted by Gasteiger charge is -2.06. The SMILES string of the molecule is O[C@@H]1CO[C@H]2OCC[C@H]21. The van der Waals surface area contributed by atoms with Crippen molar-refractivity contribution in [3.63, 3.8) is 0 Å². The lowest BCUT2D eigenvalue weighted by Crippen LogP contribution is -2.18. The minimum atomic E-state index is -0.280. The minimum absolute atomic E-state index is 0.0972. The van der Waals surface area contributed by atoms with E-state index in [2.05, 4.69) is 0 Å². The maximum atomic E-state index is 9.19. The zero-order valence-corrected chi connectivity index (χ0v) is 5.12. The second-order valence-corrected chi connectivity index (χ2v) is 2.59. The number of ether oxygens (including phenoxy) is 2. The topological polar surface area (TPSA) is 38.7 Å². The molecule has 0 saturated carbocycles. The number of aliphatic hydroxyl groups is 1. The molecule has 0 aromatic heterocycles. The zero-order valence-electron chi connectivity index (χ0n) is 5.12. The Morgan fingerprint density at radius 3 is 3.00 bits per heavy atom. The quantitative estimate of drug-likeness (QED) is 0.491. The zero-order chi connectivity index (χ0) is 6.27. The van der Waals surface area contributed by atoms with E-state index in [9.17, 15) is 5.11 Å². The van der Waals surface area contributed by atoms with Crippen LogP contribution in [0.5, 0.6) is 0 Å². The van der Waals surface area contributed by atoms with Crippen LogP contribution in [0.3, 0.4) is 0 Å². The molecule has 2 aliphatic rings. The van der Waals surface area contributed by atoms with Gasteiger partial charge in [-0.15, -0.1) is 0 Å². The summed E-state index contributed by atoms with van der Waals surface area (Å²) in [5.41, 5.74) is 0. The van der Waals surface area contributed by atoms with Crippen molar-refractivity contribution in [1.29, 1.82) is 0 Å². The largest absolute Gasteiger partial charge is 0.390 e. The summed E-state index contributed by atoms with van der Waals surface area (Å²) in [4.78, 5) is 0. The van der Waals surface area contributed by atoms with Gasteiger partial charge < -0.3 is 14.6 Å². The lowest BCUT2D eigenvalue weighted by atomic mass is 10.0. The molecule has 9 heavy (non-hydrogen) atoms. The van der Waals surface area contributed by atoms with Gasteiger partial charge in [0.2, 0.25) is 0 Å². The van der Waals surface area contributed by atoms with Crippen LogP contribution >= 0.6 is 0 Å². The van der Waals surface area contributed by atoms with Gasteiger partial charge in [0.15, 0.2) is 6.29 Å². The standard InChI is InChI=1S/C6H10O3/c7-5-3-9-6-4(5)1-2-8-6/h4-7H,1-3H2/t4-,5+,6+/m0/s1. The molecule has 1 N–H and O–H groups in total. The Kier molecular flexibility index (Phi) is 1.22. The Hall–Kier alpha value is -0.120. The molecule has 2 rings (SSSR count). The second-order valence-electron chi connectivity index (χ2n) is 2.59. The predicted molar refractivity (Wildman–Crippen MR) is 29.8 cm³/mol. The number of hydrogen-bond acceptors (Lipinski definition) is 3. The summed E-state index contributed by atoms with van der Waals surface area (Å²) in [6, 6.07) is 0. The fraction of sp³-hybridized carbons (Fsp3) is 1.00. The lowest BCUT2D eigenvalue weighted by molar-refractivity contribution is -0.0907. The molecule has 0 bridgehead atoms. The number of fused-ring (bicyclic) bond motifs is 1. The normalized spacial score (nSPS) is 49.7. The van der Waals surface area contributed by atoms with Crippen molar-refractivity contribution in [2.75, 3.05) is 13.2 Å². The summed E-state index contributed by atoms with van der Waals surface area (Å²) in [7, 11) is 0. The van der Waals surface area contributed by atoms with Crippen molar-refractivity contribution >= 4 is 0 Å². The van der Waals surface area contributed by atoms with Gasteiger partial charge in [0, 0.05) is 5.92 Å². The van der Waals surface area contributed by atoms with E-state index in [0.29, 0.717) is 6.61 Å². The molecule has 0 aliphatic carbocycles. The van der Waals surface area contributed by atoms with Crippen LogP contribution in [0.15, 0.2) is 0 Å². The molecule has 0 amide bonds. The Morgan fingerprint density at radius 2 is 2.22 bits per heavy atom. The molecule has 2 fully saturated rings. The van der Waals surface area contributed by atoms with Crippen LogP contribution in [-0.4, -0.2) is 30.7 Å². The fourth-order valence-electron chi connectivity index (χ4n) is 1.44. The second kappa shape index (κ2) is 1.94. The summed E-state index contributed by atoms with van der Waals surface area (Å²) < 4.78 is 10.3. The monoisotopic (exact) mass is 130 g/mol. The van der Waals surface area contributed by atoms with Crippen LogP contribution < -0.4 is 0 Å². The first kappa shape index (κ1) is 5.65. The van der Waals surface area contributed by atoms with E-state index in [0.717, 1.165) is 13.0 Å². The van der Waals surface area contributed by atoms with E-state index in [1.807, 2.05) is 0 Å². The van der Waals surface area contributed by atoms with Crippen LogP contribution in [0.1, 0.15) is 6.42 Å². The highest BCUT2D eigenvalue weighted by Crippen LogP contribution is 2.30. The van der Waals surface area contributed by atoms with Crippen molar-refractivity contribution in [2.24, 2.45) is 5.92 Å². The van der Waals surface area contributed by atoms with E-state index in [-0.39, 0.29) is 18.3 Å². The smallest absolute Gasteiger partial charge is 0.163 e. The van der Waals surface area contributed by atoms with E-state index in [1.54, 1.807) is 0 Å². The Morgan fingerprint density at radius 1 is 1.33 bits per heavy atom. The van der Waals surface area contributed by atoms with Gasteiger partial charge in [0.05, 0.1) is 19.3 Å². The maximum Gasteiger partial charge on any atom is 0.163 e. The Bertz CT molecular complexity index is 115. The van der Waals surface area contributed by atoms with Gasteiger partial charge in [-0.05, 0) is 6.42 Å². The summed E-state index contributed by atoms with van der Waals surface area (Å²) in [5.74, 6) is 0.255. The molecule has 2 aliphatic heterocycles. The molecule has 0 spiro atoms. The summed E-state index contributed by atoms with van der Waals surface area (Å²) >= 11 is 0. The Balaban J connectivity index is 2.07. The molecule has 0 aromatic carbocycles. The molecular weight excluding hydrogens is 120 g/mol. The third kappa shape index (κ3) is 0.764. The molecule has 0 aromatic rings. The molecule has 2 saturated heterocycles. The fourth-order valence-corrected chi connectivity index (χ4v) is 1.44. The van der Waals surface area contributed by atoms with Gasteiger partial charge in [0.25, 0.3) is 0 Å². The van der Waals surface area contributed by atoms with E-state index in [4.69, 9.17) is 9.47 Å². The first-order valence-electron chi connectivity index (χ1n) is 3.29. The summed E-state index contributed by atoms with van der Waals surface area (Å²) in [5, 5.41) is 9.19. The van der Waals surface area contributed by atoms with Gasteiger partial charge in [-0.25, -0.2) is 0 Å². The van der Waals surface area contributed by atoms with Crippen molar-refractivity contribution in [1.82, 2.24) is 0 Å². The van der Waals surface area contributed by atoms with E-state index in [1.165, 1.54) is 0 Å². The van der Waals surface area contributed by atoms with E-state index >= 15 is 0 Å². The third-order valence-electron chi connectivity index (χ3n) is 2.01. The average Bonchev–Trinajstić information content (AvgIpc) is 2.35. The minimum Gasteiger partial charge on any atom is -0.390 e. The number of hydrogen-bond donors (Lipinski definition) is 1. The molecule has 3 heteroatoms. The molecule has 0 unspecified atom stereocenters. The van der Waals surface area contributed by atoms with Gasteiger partial charge >= 0.3 is 0 Å². The third-order valence-corrected chi connectivity index (χ3v) is 2.01. The molecule has 3 nitrogen and oxygen atoms in total. The molecule has 52 valence electrons. The maximum absolute atomic E-state index is 9.19. The van der Waals surface area contributed by atoms with E-state index < -0.39 is 0 Å². The first-order valence-corrected chi connectivity index (χ1v) is 3.29. The van der Waals surface area contributed by atoms with Crippen LogP contribution in [0.25, 0.3) is 0 Å². The van der Waals surface area contributed by atoms with Gasteiger partial charge in [-0.2, -0.15) is 0 Å². The van der Waals surface area contributed by atoms with Crippen molar-refractivity contribution in [3.8, 4) is 0 Å². The molecular formula is C6H10O3. The first-order chi connectivity index (χ1) is 4.38. The number of aliphatic hydroxyl groups excluding tert-OH is 1.